The summed E-state index contributed by atoms with van der Waals surface area (Å²) in [5.74, 6) is 0.472. The van der Waals surface area contributed by atoms with E-state index in [-0.39, 0.29) is 16.8 Å². The van der Waals surface area contributed by atoms with E-state index in [1.807, 2.05) is 34.1 Å². The number of amidine groups is 1. The molecule has 0 N–H and O–H groups in total. The molecule has 3 heterocycles. The zero-order chi connectivity index (χ0) is 20.7. The average molecular weight is 422 g/mol. The Morgan fingerprint density at radius 2 is 1.77 bits per heavy atom. The summed E-state index contributed by atoms with van der Waals surface area (Å²) in [5, 5.41) is 0. The summed E-state index contributed by atoms with van der Waals surface area (Å²) in [6.07, 6.45) is 4.51. The summed E-state index contributed by atoms with van der Waals surface area (Å²) in [5.41, 5.74) is 3.07. The molecule has 5 rings (SSSR count). The van der Waals surface area contributed by atoms with Gasteiger partial charge in [0.05, 0.1) is 0 Å². The number of hydrogen-bond donors (Lipinski definition) is 0. The molecule has 0 radical (unpaired) electrons. The normalized spacial score (nSPS) is 22.5. The van der Waals surface area contributed by atoms with Crippen molar-refractivity contribution in [1.29, 1.82) is 0 Å². The summed E-state index contributed by atoms with van der Waals surface area (Å²) < 4.78 is 28.9. The first-order valence-corrected chi connectivity index (χ1v) is 11.7. The average Bonchev–Trinajstić information content (AvgIpc) is 3.37. The maximum Gasteiger partial charge on any atom is 0.285 e. The van der Waals surface area contributed by atoms with Gasteiger partial charge in [0.2, 0.25) is 5.91 Å². The van der Waals surface area contributed by atoms with Crippen molar-refractivity contribution in [2.45, 2.75) is 30.2 Å². The SMILES string of the molecule is O=C([C@H]1CCCN1C1=NS(=O)(=O)c2ccccc21)N1CC=C(c2ccccc2)CC1. The number of carbonyl (C=O) groups is 1. The fourth-order valence-corrected chi connectivity index (χ4v) is 5.78. The molecule has 7 heteroatoms. The Bertz CT molecular complexity index is 1160. The largest absolute Gasteiger partial charge is 0.343 e. The van der Waals surface area contributed by atoms with E-state index in [9.17, 15) is 13.2 Å². The second-order valence-corrected chi connectivity index (χ2v) is 9.44. The fourth-order valence-electron chi connectivity index (χ4n) is 4.57. The van der Waals surface area contributed by atoms with Gasteiger partial charge in [0.15, 0.2) is 5.84 Å². The molecular weight excluding hydrogens is 398 g/mol. The van der Waals surface area contributed by atoms with Gasteiger partial charge in [-0.15, -0.1) is 4.40 Å². The van der Waals surface area contributed by atoms with Crippen LogP contribution in [0.4, 0.5) is 0 Å². The van der Waals surface area contributed by atoms with Crippen LogP contribution in [0.2, 0.25) is 0 Å². The first-order chi connectivity index (χ1) is 14.5. The second kappa shape index (κ2) is 7.40. The van der Waals surface area contributed by atoms with Gasteiger partial charge in [0.1, 0.15) is 10.9 Å². The molecule has 6 nitrogen and oxygen atoms in total. The molecule has 30 heavy (non-hydrogen) atoms. The van der Waals surface area contributed by atoms with E-state index in [0.717, 1.165) is 12.8 Å². The maximum atomic E-state index is 13.3. The number of carbonyl (C=O) groups excluding carboxylic acids is 1. The van der Waals surface area contributed by atoms with Crippen molar-refractivity contribution >= 4 is 27.3 Å². The van der Waals surface area contributed by atoms with Crippen LogP contribution in [0.15, 0.2) is 70.0 Å². The van der Waals surface area contributed by atoms with Gasteiger partial charge in [-0.1, -0.05) is 48.5 Å². The highest BCUT2D eigenvalue weighted by molar-refractivity contribution is 7.90. The molecule has 2 aromatic carbocycles. The van der Waals surface area contributed by atoms with Crippen LogP contribution in [0.25, 0.3) is 5.57 Å². The first-order valence-electron chi connectivity index (χ1n) is 10.3. The van der Waals surface area contributed by atoms with Gasteiger partial charge >= 0.3 is 0 Å². The maximum absolute atomic E-state index is 13.3. The third kappa shape index (κ3) is 3.23. The van der Waals surface area contributed by atoms with Crippen molar-refractivity contribution in [1.82, 2.24) is 9.80 Å². The van der Waals surface area contributed by atoms with Gasteiger partial charge < -0.3 is 9.80 Å². The molecule has 3 aliphatic rings. The van der Waals surface area contributed by atoms with Gasteiger partial charge in [0, 0.05) is 25.2 Å². The second-order valence-electron chi connectivity index (χ2n) is 7.87. The number of rotatable bonds is 2. The molecule has 1 saturated heterocycles. The zero-order valence-corrected chi connectivity index (χ0v) is 17.4. The third-order valence-electron chi connectivity index (χ3n) is 6.09. The topological polar surface area (TPSA) is 70.0 Å². The predicted molar refractivity (Wildman–Crippen MR) is 116 cm³/mol. The number of amides is 1. The Morgan fingerprint density at radius 3 is 2.53 bits per heavy atom. The van der Waals surface area contributed by atoms with Crippen LogP contribution in [0, 0.1) is 0 Å². The van der Waals surface area contributed by atoms with Gasteiger partial charge in [-0.3, -0.25) is 4.79 Å². The molecule has 1 fully saturated rings. The van der Waals surface area contributed by atoms with Crippen molar-refractivity contribution in [3.8, 4) is 0 Å². The van der Waals surface area contributed by atoms with Crippen molar-refractivity contribution in [3.05, 3.63) is 71.8 Å². The molecule has 0 aliphatic carbocycles. The first kappa shape index (κ1) is 19.1. The standard InChI is InChI=1S/C23H23N3O3S/c27-23(25-15-12-18(13-16-25)17-7-2-1-3-8-17)20-10-6-14-26(20)22-19-9-4-5-11-21(19)30(28,29)24-22/h1-5,7-9,11-12,20H,6,10,13-16H2/t20-/m1/s1. The van der Waals surface area contributed by atoms with Crippen molar-refractivity contribution < 1.29 is 13.2 Å². The summed E-state index contributed by atoms with van der Waals surface area (Å²) >= 11 is 0. The molecule has 1 atom stereocenters. The van der Waals surface area contributed by atoms with Crippen LogP contribution < -0.4 is 0 Å². The van der Waals surface area contributed by atoms with E-state index in [1.165, 1.54) is 11.1 Å². The molecule has 0 saturated carbocycles. The lowest BCUT2D eigenvalue weighted by atomic mass is 9.99. The van der Waals surface area contributed by atoms with Crippen LogP contribution in [0.5, 0.6) is 0 Å². The Labute approximate surface area is 176 Å². The van der Waals surface area contributed by atoms with Crippen LogP contribution in [0.1, 0.15) is 30.4 Å². The van der Waals surface area contributed by atoms with Gasteiger partial charge in [-0.25, -0.2) is 0 Å². The van der Waals surface area contributed by atoms with E-state index < -0.39 is 10.0 Å². The number of sulfonamides is 1. The Hall–Kier alpha value is -2.93. The minimum Gasteiger partial charge on any atom is -0.343 e. The Balaban J connectivity index is 1.37. The summed E-state index contributed by atoms with van der Waals surface area (Å²) in [7, 11) is -3.69. The molecule has 1 amide bonds. The number of fused-ring (bicyclic) bond motifs is 1. The number of nitrogens with zero attached hydrogens (tertiary/aromatic N) is 3. The van der Waals surface area contributed by atoms with E-state index in [1.54, 1.807) is 18.2 Å². The number of likely N-dealkylation sites (tertiary alicyclic amines) is 1. The van der Waals surface area contributed by atoms with E-state index in [0.29, 0.717) is 37.5 Å². The Kier molecular flexibility index (Phi) is 4.70. The number of benzene rings is 2. The van der Waals surface area contributed by atoms with Crippen LogP contribution in [-0.2, 0) is 14.8 Å². The third-order valence-corrected chi connectivity index (χ3v) is 7.41. The van der Waals surface area contributed by atoms with E-state index in [4.69, 9.17) is 0 Å². The van der Waals surface area contributed by atoms with Crippen LogP contribution >= 0.6 is 0 Å². The molecule has 0 aromatic heterocycles. The highest BCUT2D eigenvalue weighted by atomic mass is 32.2. The highest BCUT2D eigenvalue weighted by Gasteiger charge is 2.40. The summed E-state index contributed by atoms with van der Waals surface area (Å²) in [6.45, 7) is 1.89. The zero-order valence-electron chi connectivity index (χ0n) is 16.6. The van der Waals surface area contributed by atoms with E-state index >= 15 is 0 Å². The smallest absolute Gasteiger partial charge is 0.285 e. The molecule has 0 unspecified atom stereocenters. The molecule has 0 bridgehead atoms. The predicted octanol–water partition coefficient (Wildman–Crippen LogP) is 2.92. The Morgan fingerprint density at radius 1 is 1.00 bits per heavy atom. The fraction of sp³-hybridized carbons (Fsp3) is 0.304. The van der Waals surface area contributed by atoms with Gasteiger partial charge in [0.25, 0.3) is 10.0 Å². The van der Waals surface area contributed by atoms with Crippen LogP contribution in [-0.4, -0.2) is 55.6 Å². The minimum atomic E-state index is -3.69. The minimum absolute atomic E-state index is 0.0559. The van der Waals surface area contributed by atoms with Crippen molar-refractivity contribution in [2.24, 2.45) is 4.40 Å². The van der Waals surface area contributed by atoms with E-state index in [2.05, 4.69) is 22.6 Å². The molecule has 3 aliphatic heterocycles. The van der Waals surface area contributed by atoms with Crippen LogP contribution in [0.3, 0.4) is 0 Å². The highest BCUT2D eigenvalue weighted by Crippen LogP contribution is 2.32. The monoisotopic (exact) mass is 421 g/mol. The lowest BCUT2D eigenvalue weighted by molar-refractivity contribution is -0.134. The summed E-state index contributed by atoms with van der Waals surface area (Å²) in [4.78, 5) is 17.3. The van der Waals surface area contributed by atoms with Crippen molar-refractivity contribution in [3.63, 3.8) is 0 Å². The summed E-state index contributed by atoms with van der Waals surface area (Å²) in [6, 6.07) is 16.7. The molecular formula is C23H23N3O3S. The molecule has 154 valence electrons. The lowest BCUT2D eigenvalue weighted by Crippen LogP contribution is -2.48. The molecule has 0 spiro atoms. The van der Waals surface area contributed by atoms with Crippen molar-refractivity contribution in [2.75, 3.05) is 19.6 Å². The molecule has 2 aromatic rings. The number of hydrogen-bond acceptors (Lipinski definition) is 4. The lowest BCUT2D eigenvalue weighted by Gasteiger charge is -2.33. The van der Waals surface area contributed by atoms with Gasteiger partial charge in [-0.05, 0) is 42.5 Å². The quantitative estimate of drug-likeness (QED) is 0.748. The van der Waals surface area contributed by atoms with Gasteiger partial charge in [-0.2, -0.15) is 8.42 Å².